The van der Waals surface area contributed by atoms with Crippen LogP contribution >= 0.6 is 22.9 Å². The number of carbonyl (C=O) groups is 1. The lowest BCUT2D eigenvalue weighted by Gasteiger charge is -2.23. The maximum absolute atomic E-state index is 12.2. The van der Waals surface area contributed by atoms with E-state index in [1.807, 2.05) is 25.1 Å². The average molecular weight is 375 g/mol. The van der Waals surface area contributed by atoms with Gasteiger partial charge in [-0.25, -0.2) is 0 Å². The van der Waals surface area contributed by atoms with Gasteiger partial charge in [0, 0.05) is 16.1 Å². The Balaban J connectivity index is 1.49. The number of anilines is 1. The number of nitrogens with zero attached hydrogens (tertiary/aromatic N) is 1. The lowest BCUT2D eigenvalue weighted by molar-refractivity contribution is -0.135. The quantitative estimate of drug-likeness (QED) is 0.666. The van der Waals surface area contributed by atoms with E-state index in [0.29, 0.717) is 0 Å². The second-order valence-corrected chi connectivity index (χ2v) is 8.03. The molecule has 0 saturated heterocycles. The fourth-order valence-corrected chi connectivity index (χ4v) is 4.14. The summed E-state index contributed by atoms with van der Waals surface area (Å²) in [6.07, 6.45) is 3.50. The number of hydrogen-bond donors (Lipinski definition) is 1. The van der Waals surface area contributed by atoms with E-state index in [4.69, 9.17) is 20.8 Å². The summed E-state index contributed by atoms with van der Waals surface area (Å²) in [7, 11) is 0. The number of nitrogens with one attached hydrogen (secondary N) is 1. The number of ether oxygens (including phenoxy) is 1. The standard InChI is InChI=1S/C18H15ClN2O3S/c1-18(8-17(22)24-16-9-23-10-20-16)7-12-6-11(2-3-13(12)21-18)14-4-5-15(19)25-14/h2-6,9-10,21H,7-8H2,1H3. The highest BCUT2D eigenvalue weighted by molar-refractivity contribution is 7.19. The van der Waals surface area contributed by atoms with Crippen molar-refractivity contribution in [2.24, 2.45) is 0 Å². The van der Waals surface area contributed by atoms with Gasteiger partial charge in [-0.2, -0.15) is 4.98 Å². The molecule has 1 aliphatic rings. The van der Waals surface area contributed by atoms with Crippen LogP contribution in [0.3, 0.4) is 0 Å². The van der Waals surface area contributed by atoms with Gasteiger partial charge in [0.15, 0.2) is 12.7 Å². The summed E-state index contributed by atoms with van der Waals surface area (Å²) in [6.45, 7) is 2.01. The predicted octanol–water partition coefficient (Wildman–Crippen LogP) is 4.78. The summed E-state index contributed by atoms with van der Waals surface area (Å²) in [5, 5.41) is 3.44. The third-order valence-electron chi connectivity index (χ3n) is 4.14. The van der Waals surface area contributed by atoms with E-state index >= 15 is 0 Å². The molecule has 5 nitrogen and oxygen atoms in total. The molecule has 1 aromatic carbocycles. The first-order valence-electron chi connectivity index (χ1n) is 7.76. The minimum atomic E-state index is -0.394. The Labute approximate surface area is 153 Å². The van der Waals surface area contributed by atoms with Crippen molar-refractivity contribution in [3.8, 4) is 16.3 Å². The molecule has 0 aliphatic carbocycles. The van der Waals surface area contributed by atoms with Crippen molar-refractivity contribution in [3.05, 3.63) is 52.9 Å². The highest BCUT2D eigenvalue weighted by Crippen LogP contribution is 2.39. The monoisotopic (exact) mass is 374 g/mol. The fraction of sp³-hybridized carbons (Fsp3) is 0.222. The number of carbonyl (C=O) groups excluding carboxylic acids is 1. The van der Waals surface area contributed by atoms with E-state index < -0.39 is 5.54 Å². The van der Waals surface area contributed by atoms with E-state index in [1.165, 1.54) is 18.2 Å². The number of aromatic nitrogens is 1. The van der Waals surface area contributed by atoms with Gasteiger partial charge in [-0.1, -0.05) is 17.7 Å². The zero-order valence-corrected chi connectivity index (χ0v) is 15.0. The summed E-state index contributed by atoms with van der Waals surface area (Å²) in [4.78, 5) is 17.1. The second kappa shape index (κ2) is 6.20. The molecule has 0 spiro atoms. The van der Waals surface area contributed by atoms with Gasteiger partial charge in [0.25, 0.3) is 5.88 Å². The molecule has 25 heavy (non-hydrogen) atoms. The molecule has 1 unspecified atom stereocenters. The average Bonchev–Trinajstić information content (AvgIpc) is 3.25. The van der Waals surface area contributed by atoms with E-state index in [9.17, 15) is 4.79 Å². The van der Waals surface area contributed by atoms with Crippen LogP contribution in [0, 0.1) is 0 Å². The molecule has 3 heterocycles. The minimum Gasteiger partial charge on any atom is -0.448 e. The lowest BCUT2D eigenvalue weighted by atomic mass is 9.93. The van der Waals surface area contributed by atoms with Crippen LogP contribution in [0.4, 0.5) is 5.69 Å². The maximum Gasteiger partial charge on any atom is 0.315 e. The van der Waals surface area contributed by atoms with Crippen molar-refractivity contribution in [1.82, 2.24) is 4.98 Å². The Bertz CT molecular complexity index is 922. The third-order valence-corrected chi connectivity index (χ3v) is 5.42. The molecule has 3 aromatic rings. The summed E-state index contributed by atoms with van der Waals surface area (Å²) >= 11 is 7.59. The van der Waals surface area contributed by atoms with Gasteiger partial charge < -0.3 is 14.5 Å². The van der Waals surface area contributed by atoms with Crippen LogP contribution in [-0.4, -0.2) is 16.5 Å². The van der Waals surface area contributed by atoms with Crippen LogP contribution in [0.2, 0.25) is 4.34 Å². The molecule has 4 rings (SSSR count). The van der Waals surface area contributed by atoms with Crippen LogP contribution in [0.25, 0.3) is 10.4 Å². The van der Waals surface area contributed by atoms with Crippen molar-refractivity contribution in [3.63, 3.8) is 0 Å². The fourth-order valence-electron chi connectivity index (χ4n) is 3.10. The molecule has 128 valence electrons. The highest BCUT2D eigenvalue weighted by atomic mass is 35.5. The van der Waals surface area contributed by atoms with Crippen molar-refractivity contribution in [2.45, 2.75) is 25.3 Å². The lowest BCUT2D eigenvalue weighted by Crippen LogP contribution is -2.36. The summed E-state index contributed by atoms with van der Waals surface area (Å²) in [5.74, 6) is -0.164. The van der Waals surface area contributed by atoms with E-state index in [-0.39, 0.29) is 18.3 Å². The Kier molecular flexibility index (Phi) is 4.01. The number of rotatable bonds is 4. The molecule has 0 fully saturated rings. The maximum atomic E-state index is 12.2. The third kappa shape index (κ3) is 3.41. The Morgan fingerprint density at radius 3 is 3.04 bits per heavy atom. The van der Waals surface area contributed by atoms with Crippen LogP contribution in [-0.2, 0) is 11.2 Å². The second-order valence-electron chi connectivity index (χ2n) is 6.32. The SMILES string of the molecule is CC1(CC(=O)Oc2cocn2)Cc2cc(-c3ccc(Cl)s3)ccc2N1. The van der Waals surface area contributed by atoms with E-state index in [0.717, 1.165) is 26.9 Å². The molecule has 0 amide bonds. The van der Waals surface area contributed by atoms with Gasteiger partial charge in [0.05, 0.1) is 10.8 Å². The molecular formula is C18H15ClN2O3S. The van der Waals surface area contributed by atoms with Gasteiger partial charge >= 0.3 is 5.97 Å². The van der Waals surface area contributed by atoms with Crippen molar-refractivity contribution in [1.29, 1.82) is 0 Å². The molecule has 1 N–H and O–H groups in total. The number of hydrogen-bond acceptors (Lipinski definition) is 6. The number of esters is 1. The summed E-state index contributed by atoms with van der Waals surface area (Å²) < 4.78 is 10.8. The number of halogens is 1. The predicted molar refractivity (Wildman–Crippen MR) is 97.3 cm³/mol. The smallest absolute Gasteiger partial charge is 0.315 e. The molecule has 1 aliphatic heterocycles. The van der Waals surface area contributed by atoms with Crippen molar-refractivity contribution in [2.75, 3.05) is 5.32 Å². The van der Waals surface area contributed by atoms with Gasteiger partial charge in [0.1, 0.15) is 0 Å². The zero-order valence-electron chi connectivity index (χ0n) is 13.4. The topological polar surface area (TPSA) is 64.4 Å². The zero-order chi connectivity index (χ0) is 17.4. The van der Waals surface area contributed by atoms with Crippen LogP contribution in [0.5, 0.6) is 5.88 Å². The highest BCUT2D eigenvalue weighted by Gasteiger charge is 2.35. The first-order chi connectivity index (χ1) is 12.0. The Morgan fingerprint density at radius 2 is 2.32 bits per heavy atom. The largest absolute Gasteiger partial charge is 0.448 e. The minimum absolute atomic E-state index is 0.181. The molecular weight excluding hydrogens is 360 g/mol. The number of fused-ring (bicyclic) bond motifs is 1. The summed E-state index contributed by atoms with van der Waals surface area (Å²) in [5.41, 5.74) is 2.96. The molecule has 2 aromatic heterocycles. The van der Waals surface area contributed by atoms with Crippen LogP contribution in [0.1, 0.15) is 18.9 Å². The number of benzene rings is 1. The normalized spacial score (nSPS) is 18.6. The molecule has 0 bridgehead atoms. The van der Waals surface area contributed by atoms with E-state index in [2.05, 4.69) is 22.4 Å². The van der Waals surface area contributed by atoms with Crippen LogP contribution in [0.15, 0.2) is 47.4 Å². The molecule has 0 saturated carbocycles. The molecule has 7 heteroatoms. The Hall–Kier alpha value is -2.31. The van der Waals surface area contributed by atoms with Crippen LogP contribution < -0.4 is 10.1 Å². The van der Waals surface area contributed by atoms with Gasteiger partial charge in [0.2, 0.25) is 0 Å². The van der Waals surface area contributed by atoms with Gasteiger partial charge in [-0.05, 0) is 48.7 Å². The van der Waals surface area contributed by atoms with Gasteiger partial charge in [-0.15, -0.1) is 11.3 Å². The van der Waals surface area contributed by atoms with Crippen molar-refractivity contribution < 1.29 is 13.9 Å². The molecule has 1 atom stereocenters. The van der Waals surface area contributed by atoms with Gasteiger partial charge in [-0.3, -0.25) is 4.79 Å². The van der Waals surface area contributed by atoms with Crippen molar-refractivity contribution >= 4 is 34.6 Å². The number of thiophene rings is 1. The van der Waals surface area contributed by atoms with E-state index in [1.54, 1.807) is 11.3 Å². The first-order valence-corrected chi connectivity index (χ1v) is 8.96. The Morgan fingerprint density at radius 1 is 1.44 bits per heavy atom. The number of oxazole rings is 1. The summed E-state index contributed by atoms with van der Waals surface area (Å²) in [6, 6.07) is 10.2. The first kappa shape index (κ1) is 16.2. The molecule has 0 radical (unpaired) electrons.